The second-order valence-electron chi connectivity index (χ2n) is 3.54. The smallest absolute Gasteiger partial charge is 0.0491 e. The van der Waals surface area contributed by atoms with Crippen molar-refractivity contribution in [3.8, 4) is 0 Å². The molecule has 2 nitrogen and oxygen atoms in total. The molecule has 3 atom stereocenters. The third-order valence-corrected chi connectivity index (χ3v) is 3.14. The standard InChI is InChI=1S/C7H13NO/c1-7(4-9)5-2-8-3-6(5)7/h5-6,8-9H,2-4H2,1H3/t5-,6+,7?. The van der Waals surface area contributed by atoms with Crippen molar-refractivity contribution in [1.82, 2.24) is 5.32 Å². The lowest BCUT2D eigenvalue weighted by Gasteiger charge is -2.10. The maximum atomic E-state index is 8.94. The van der Waals surface area contributed by atoms with E-state index in [1.165, 1.54) is 0 Å². The number of aliphatic hydroxyl groups excluding tert-OH is 1. The van der Waals surface area contributed by atoms with Crippen LogP contribution in [-0.2, 0) is 0 Å². The first kappa shape index (κ1) is 5.69. The van der Waals surface area contributed by atoms with Crippen LogP contribution in [0.5, 0.6) is 0 Å². The molecule has 0 aromatic carbocycles. The Labute approximate surface area is 55.3 Å². The summed E-state index contributed by atoms with van der Waals surface area (Å²) in [5.74, 6) is 1.56. The Hall–Kier alpha value is -0.0800. The molecule has 0 radical (unpaired) electrons. The maximum absolute atomic E-state index is 8.94. The summed E-state index contributed by atoms with van der Waals surface area (Å²) >= 11 is 0. The van der Waals surface area contributed by atoms with Gasteiger partial charge in [-0.1, -0.05) is 6.92 Å². The largest absolute Gasteiger partial charge is 0.396 e. The lowest BCUT2D eigenvalue weighted by Crippen LogP contribution is -2.22. The van der Waals surface area contributed by atoms with Gasteiger partial charge in [-0.05, 0) is 30.3 Å². The summed E-state index contributed by atoms with van der Waals surface area (Å²) in [5.41, 5.74) is 0.297. The molecule has 1 aliphatic carbocycles. The van der Waals surface area contributed by atoms with E-state index in [2.05, 4.69) is 12.2 Å². The molecule has 52 valence electrons. The zero-order chi connectivity index (χ0) is 6.48. The first-order chi connectivity index (χ1) is 4.29. The Balaban J connectivity index is 2.07. The molecule has 1 heterocycles. The molecule has 0 aromatic rings. The van der Waals surface area contributed by atoms with Crippen LogP contribution in [0.25, 0.3) is 0 Å². The topological polar surface area (TPSA) is 32.3 Å². The van der Waals surface area contributed by atoms with Gasteiger partial charge in [0.25, 0.3) is 0 Å². The van der Waals surface area contributed by atoms with Crippen molar-refractivity contribution in [2.75, 3.05) is 19.7 Å². The van der Waals surface area contributed by atoms with Crippen LogP contribution in [0.4, 0.5) is 0 Å². The normalized spacial score (nSPS) is 55.3. The van der Waals surface area contributed by atoms with Crippen molar-refractivity contribution in [2.45, 2.75) is 6.92 Å². The van der Waals surface area contributed by atoms with Crippen LogP contribution in [-0.4, -0.2) is 24.8 Å². The highest BCUT2D eigenvalue weighted by atomic mass is 16.3. The average Bonchev–Trinajstić information content (AvgIpc) is 2.39. The van der Waals surface area contributed by atoms with Gasteiger partial charge in [-0.3, -0.25) is 0 Å². The molecule has 1 unspecified atom stereocenters. The van der Waals surface area contributed by atoms with Crippen molar-refractivity contribution in [2.24, 2.45) is 17.3 Å². The molecule has 2 N–H and O–H groups in total. The molecule has 1 saturated carbocycles. The highest BCUT2D eigenvalue weighted by molar-refractivity contribution is 5.12. The second-order valence-corrected chi connectivity index (χ2v) is 3.54. The number of hydrogen-bond acceptors (Lipinski definition) is 2. The predicted octanol–water partition coefficient (Wildman–Crippen LogP) is -0.166. The first-order valence-corrected chi connectivity index (χ1v) is 3.60. The Bertz CT molecular complexity index is 125. The van der Waals surface area contributed by atoms with Crippen LogP contribution in [0.1, 0.15) is 6.92 Å². The summed E-state index contributed by atoms with van der Waals surface area (Å²) < 4.78 is 0. The molecule has 2 aliphatic rings. The number of hydrogen-bond donors (Lipinski definition) is 2. The number of aliphatic hydroxyl groups is 1. The van der Waals surface area contributed by atoms with E-state index < -0.39 is 0 Å². The fourth-order valence-electron chi connectivity index (χ4n) is 2.14. The fourth-order valence-corrected chi connectivity index (χ4v) is 2.14. The van der Waals surface area contributed by atoms with Crippen LogP contribution in [0.3, 0.4) is 0 Å². The molecule has 2 fully saturated rings. The number of nitrogens with one attached hydrogen (secondary N) is 1. The van der Waals surface area contributed by atoms with Gasteiger partial charge < -0.3 is 10.4 Å². The molecule has 2 heteroatoms. The van der Waals surface area contributed by atoms with Crippen molar-refractivity contribution >= 4 is 0 Å². The lowest BCUT2D eigenvalue weighted by molar-refractivity contribution is 0.196. The molecule has 1 saturated heterocycles. The Kier molecular flexibility index (Phi) is 0.945. The van der Waals surface area contributed by atoms with Crippen LogP contribution in [0, 0.1) is 17.3 Å². The monoisotopic (exact) mass is 127 g/mol. The van der Waals surface area contributed by atoms with Gasteiger partial charge in [0.1, 0.15) is 0 Å². The minimum atomic E-state index is 0.297. The van der Waals surface area contributed by atoms with Gasteiger partial charge in [0.05, 0.1) is 0 Å². The van der Waals surface area contributed by atoms with Crippen LogP contribution in [0.2, 0.25) is 0 Å². The van der Waals surface area contributed by atoms with E-state index in [0.29, 0.717) is 12.0 Å². The number of fused-ring (bicyclic) bond motifs is 1. The van der Waals surface area contributed by atoms with Crippen LogP contribution < -0.4 is 5.32 Å². The molecule has 0 aromatic heterocycles. The van der Waals surface area contributed by atoms with Crippen molar-refractivity contribution < 1.29 is 5.11 Å². The van der Waals surface area contributed by atoms with E-state index in [1.807, 2.05) is 0 Å². The molecular weight excluding hydrogens is 114 g/mol. The third kappa shape index (κ3) is 0.528. The molecular formula is C7H13NO. The lowest BCUT2D eigenvalue weighted by atomic mass is 10.1. The summed E-state index contributed by atoms with van der Waals surface area (Å²) in [6.07, 6.45) is 0. The van der Waals surface area contributed by atoms with E-state index in [0.717, 1.165) is 24.9 Å². The second kappa shape index (κ2) is 1.50. The highest BCUT2D eigenvalue weighted by Gasteiger charge is 2.62. The molecule has 0 spiro atoms. The highest BCUT2D eigenvalue weighted by Crippen LogP contribution is 2.59. The van der Waals surface area contributed by atoms with E-state index in [-0.39, 0.29) is 0 Å². The predicted molar refractivity (Wildman–Crippen MR) is 35.0 cm³/mol. The third-order valence-electron chi connectivity index (χ3n) is 3.14. The van der Waals surface area contributed by atoms with Gasteiger partial charge in [-0.25, -0.2) is 0 Å². The van der Waals surface area contributed by atoms with Crippen molar-refractivity contribution in [3.63, 3.8) is 0 Å². The molecule has 1 aliphatic heterocycles. The summed E-state index contributed by atoms with van der Waals surface area (Å²) in [6, 6.07) is 0. The Morgan fingerprint density at radius 3 is 2.44 bits per heavy atom. The average molecular weight is 127 g/mol. The van der Waals surface area contributed by atoms with Gasteiger partial charge >= 0.3 is 0 Å². The van der Waals surface area contributed by atoms with Gasteiger partial charge in [0.15, 0.2) is 0 Å². The number of piperidine rings is 1. The van der Waals surface area contributed by atoms with Crippen molar-refractivity contribution in [3.05, 3.63) is 0 Å². The summed E-state index contributed by atoms with van der Waals surface area (Å²) in [6.45, 7) is 4.82. The zero-order valence-corrected chi connectivity index (χ0v) is 5.72. The van der Waals surface area contributed by atoms with Gasteiger partial charge in [0, 0.05) is 6.61 Å². The molecule has 0 amide bonds. The fraction of sp³-hybridized carbons (Fsp3) is 1.00. The molecule has 2 rings (SSSR count). The summed E-state index contributed by atoms with van der Waals surface area (Å²) in [7, 11) is 0. The first-order valence-electron chi connectivity index (χ1n) is 3.60. The Morgan fingerprint density at radius 2 is 2.11 bits per heavy atom. The van der Waals surface area contributed by atoms with Crippen LogP contribution in [0.15, 0.2) is 0 Å². The minimum Gasteiger partial charge on any atom is -0.396 e. The molecule has 0 bridgehead atoms. The SMILES string of the molecule is CC1(CO)[C@@H]2CNC[C@@H]21. The zero-order valence-electron chi connectivity index (χ0n) is 5.72. The number of rotatable bonds is 1. The van der Waals surface area contributed by atoms with Crippen LogP contribution >= 0.6 is 0 Å². The molecule has 9 heavy (non-hydrogen) atoms. The van der Waals surface area contributed by atoms with Gasteiger partial charge in [0.2, 0.25) is 0 Å². The van der Waals surface area contributed by atoms with Gasteiger partial charge in [-0.15, -0.1) is 0 Å². The maximum Gasteiger partial charge on any atom is 0.0491 e. The summed E-state index contributed by atoms with van der Waals surface area (Å²) in [4.78, 5) is 0. The minimum absolute atomic E-state index is 0.297. The quantitative estimate of drug-likeness (QED) is 0.513. The van der Waals surface area contributed by atoms with E-state index in [9.17, 15) is 0 Å². The summed E-state index contributed by atoms with van der Waals surface area (Å²) in [5, 5.41) is 12.2. The van der Waals surface area contributed by atoms with E-state index in [1.54, 1.807) is 0 Å². The van der Waals surface area contributed by atoms with Gasteiger partial charge in [-0.2, -0.15) is 0 Å². The van der Waals surface area contributed by atoms with E-state index >= 15 is 0 Å². The Morgan fingerprint density at radius 1 is 1.56 bits per heavy atom. The van der Waals surface area contributed by atoms with E-state index in [4.69, 9.17) is 5.11 Å². The van der Waals surface area contributed by atoms with Crippen molar-refractivity contribution in [1.29, 1.82) is 0 Å².